The topological polar surface area (TPSA) is 9.72 Å². The standard InChI is InChI=1S/C28H45N3.C7H7Cl.C2H4.C2H2/c1-22-11-13-25(21-23(22)2)28-10-8-9-26(29(28)4)14-12-24(3)30-19-15-27(16-20-30)31-17-6-5-7-18-31;1-6-2-4-7(8)5-3-6;2*1-2/h11,13,21,26-28H,3,5-10,12,14-20H2,1-2,4H3;2-5H,1H3;1-2H2;1-2H/t26-,28+;;;/m1.../s1. The van der Waals surface area contributed by atoms with E-state index in [-0.39, 0.29) is 0 Å². The van der Waals surface area contributed by atoms with E-state index in [0.717, 1.165) is 17.5 Å². The predicted molar refractivity (Wildman–Crippen MR) is 190 cm³/mol. The van der Waals surface area contributed by atoms with Gasteiger partial charge in [-0.15, -0.1) is 26.0 Å². The van der Waals surface area contributed by atoms with E-state index in [2.05, 4.69) is 86.4 Å². The average molecular weight is 604 g/mol. The maximum Gasteiger partial charge on any atom is 0.0406 e. The monoisotopic (exact) mass is 603 g/mol. The van der Waals surface area contributed by atoms with Crippen LogP contribution in [-0.4, -0.2) is 60.0 Å². The highest BCUT2D eigenvalue weighted by molar-refractivity contribution is 6.30. The molecule has 0 N–H and O–H groups in total. The Bertz CT molecular complexity index is 1070. The number of likely N-dealkylation sites (tertiary alicyclic amines) is 3. The summed E-state index contributed by atoms with van der Waals surface area (Å²) in [5, 5.41) is 0.801. The second-order valence-electron chi connectivity index (χ2n) is 12.3. The summed E-state index contributed by atoms with van der Waals surface area (Å²) in [6, 6.07) is 16.9. The zero-order valence-corrected chi connectivity index (χ0v) is 28.4. The van der Waals surface area contributed by atoms with Crippen LogP contribution in [0.15, 0.2) is 67.9 Å². The molecule has 0 aliphatic carbocycles. The summed E-state index contributed by atoms with van der Waals surface area (Å²) in [5.74, 6) is 0. The molecule has 3 fully saturated rings. The molecule has 0 radical (unpaired) electrons. The van der Waals surface area contributed by atoms with Gasteiger partial charge in [0.2, 0.25) is 0 Å². The fraction of sp³-hybridized carbons (Fsp3) is 0.538. The van der Waals surface area contributed by atoms with E-state index in [1.54, 1.807) is 0 Å². The van der Waals surface area contributed by atoms with E-state index >= 15 is 0 Å². The van der Waals surface area contributed by atoms with E-state index in [1.165, 1.54) is 112 Å². The molecule has 0 spiro atoms. The van der Waals surface area contributed by atoms with Crippen LogP contribution in [0, 0.1) is 33.6 Å². The first-order valence-corrected chi connectivity index (χ1v) is 16.7. The molecule has 2 aromatic carbocycles. The summed E-state index contributed by atoms with van der Waals surface area (Å²) in [4.78, 5) is 8.04. The third kappa shape index (κ3) is 11.5. The van der Waals surface area contributed by atoms with Gasteiger partial charge in [0.15, 0.2) is 0 Å². The fourth-order valence-electron chi connectivity index (χ4n) is 6.79. The number of hydrogen-bond donors (Lipinski definition) is 0. The van der Waals surface area contributed by atoms with Gasteiger partial charge in [0.05, 0.1) is 0 Å². The van der Waals surface area contributed by atoms with Crippen LogP contribution in [0.4, 0.5) is 0 Å². The highest BCUT2D eigenvalue weighted by atomic mass is 35.5. The number of hydrogen-bond acceptors (Lipinski definition) is 3. The zero-order valence-electron chi connectivity index (χ0n) is 27.7. The molecule has 3 nitrogen and oxygen atoms in total. The highest BCUT2D eigenvalue weighted by Crippen LogP contribution is 2.36. The molecule has 2 atom stereocenters. The van der Waals surface area contributed by atoms with Crippen LogP contribution in [0.3, 0.4) is 0 Å². The molecular weight excluding hydrogens is 546 g/mol. The number of allylic oxidation sites excluding steroid dienone is 1. The largest absolute Gasteiger partial charge is 0.375 e. The Labute approximate surface area is 270 Å². The second kappa shape index (κ2) is 19.7. The Hall–Kier alpha value is -2.51. The lowest BCUT2D eigenvalue weighted by Gasteiger charge is -2.42. The molecule has 3 heterocycles. The summed E-state index contributed by atoms with van der Waals surface area (Å²) in [7, 11) is 2.36. The van der Waals surface area contributed by atoms with E-state index in [9.17, 15) is 0 Å². The molecule has 0 aromatic heterocycles. The minimum atomic E-state index is 0.576. The van der Waals surface area contributed by atoms with Crippen LogP contribution >= 0.6 is 11.6 Å². The van der Waals surface area contributed by atoms with Crippen LogP contribution in [0.1, 0.15) is 92.5 Å². The van der Waals surface area contributed by atoms with E-state index in [0.29, 0.717) is 12.1 Å². The van der Waals surface area contributed by atoms with Gasteiger partial charge in [-0.1, -0.05) is 60.5 Å². The molecule has 3 aliphatic rings. The molecule has 3 saturated heterocycles. The number of piperidine rings is 3. The summed E-state index contributed by atoms with van der Waals surface area (Å²) in [6.45, 7) is 22.1. The summed E-state index contributed by atoms with van der Waals surface area (Å²) in [6.07, 6.45) is 21.3. The Kier molecular flexibility index (Phi) is 16.8. The number of nitrogens with zero attached hydrogens (tertiary/aromatic N) is 3. The highest BCUT2D eigenvalue weighted by Gasteiger charge is 2.30. The van der Waals surface area contributed by atoms with Crippen molar-refractivity contribution in [3.63, 3.8) is 0 Å². The summed E-state index contributed by atoms with van der Waals surface area (Å²) >= 11 is 5.61. The molecule has 4 heteroatoms. The second-order valence-corrected chi connectivity index (χ2v) is 12.8. The van der Waals surface area contributed by atoms with Gasteiger partial charge < -0.3 is 9.80 Å². The Morgan fingerprint density at radius 1 is 0.814 bits per heavy atom. The van der Waals surface area contributed by atoms with Crippen molar-refractivity contribution in [2.45, 2.75) is 103 Å². The van der Waals surface area contributed by atoms with Gasteiger partial charge in [0.25, 0.3) is 0 Å². The van der Waals surface area contributed by atoms with Gasteiger partial charge in [0.1, 0.15) is 0 Å². The van der Waals surface area contributed by atoms with Crippen molar-refractivity contribution >= 4 is 11.6 Å². The first kappa shape index (κ1) is 36.7. The molecule has 3 aliphatic heterocycles. The molecule has 0 amide bonds. The number of halogens is 1. The van der Waals surface area contributed by atoms with Crippen molar-refractivity contribution < 1.29 is 0 Å². The molecule has 0 unspecified atom stereocenters. The molecule has 0 bridgehead atoms. The molecule has 43 heavy (non-hydrogen) atoms. The number of benzene rings is 2. The maximum absolute atomic E-state index is 5.61. The summed E-state index contributed by atoms with van der Waals surface area (Å²) < 4.78 is 0. The molecular formula is C39H58ClN3. The van der Waals surface area contributed by atoms with Gasteiger partial charge >= 0.3 is 0 Å². The first-order valence-electron chi connectivity index (χ1n) is 16.3. The lowest BCUT2D eigenvalue weighted by molar-refractivity contribution is 0.0960. The van der Waals surface area contributed by atoms with Gasteiger partial charge in [-0.25, -0.2) is 0 Å². The first-order chi connectivity index (χ1) is 20.8. The van der Waals surface area contributed by atoms with Crippen molar-refractivity contribution in [2.24, 2.45) is 0 Å². The molecule has 2 aromatic rings. The van der Waals surface area contributed by atoms with Crippen LogP contribution in [0.2, 0.25) is 5.02 Å². The van der Waals surface area contributed by atoms with Gasteiger partial charge in [-0.2, -0.15) is 0 Å². The Morgan fingerprint density at radius 2 is 1.44 bits per heavy atom. The average Bonchev–Trinajstić information content (AvgIpc) is 3.06. The normalized spacial score (nSPS) is 21.2. The van der Waals surface area contributed by atoms with Crippen LogP contribution in [0.25, 0.3) is 0 Å². The third-order valence-electron chi connectivity index (χ3n) is 9.59. The van der Waals surface area contributed by atoms with E-state index < -0.39 is 0 Å². The van der Waals surface area contributed by atoms with Crippen molar-refractivity contribution in [1.29, 1.82) is 0 Å². The predicted octanol–water partition coefficient (Wildman–Crippen LogP) is 9.77. The van der Waals surface area contributed by atoms with E-state index in [1.807, 2.05) is 31.2 Å². The molecule has 236 valence electrons. The van der Waals surface area contributed by atoms with Gasteiger partial charge in [0, 0.05) is 41.9 Å². The number of rotatable bonds is 6. The smallest absolute Gasteiger partial charge is 0.0406 e. The lowest BCUT2D eigenvalue weighted by atomic mass is 9.88. The maximum atomic E-state index is 5.61. The van der Waals surface area contributed by atoms with Crippen LogP contribution < -0.4 is 0 Å². The van der Waals surface area contributed by atoms with Crippen LogP contribution in [0.5, 0.6) is 0 Å². The molecule has 0 saturated carbocycles. The lowest BCUT2D eigenvalue weighted by Crippen LogP contribution is -2.46. The SMILES string of the molecule is C#C.C=C.C=C(CC[C@H]1CCC[C@@H](c2ccc(C)c(C)c2)N1C)N1CCC(N2CCCCC2)CC1.Cc1ccc(Cl)cc1. The Balaban J connectivity index is 0.000000456. The van der Waals surface area contributed by atoms with Crippen molar-refractivity contribution in [3.05, 3.63) is 95.2 Å². The van der Waals surface area contributed by atoms with E-state index in [4.69, 9.17) is 11.6 Å². The minimum absolute atomic E-state index is 0.576. The van der Waals surface area contributed by atoms with Gasteiger partial charge in [-0.3, -0.25) is 4.90 Å². The Morgan fingerprint density at radius 3 is 2.02 bits per heavy atom. The van der Waals surface area contributed by atoms with Crippen LogP contribution in [-0.2, 0) is 0 Å². The quantitative estimate of drug-likeness (QED) is 0.240. The summed E-state index contributed by atoms with van der Waals surface area (Å²) in [5.41, 5.74) is 6.97. The van der Waals surface area contributed by atoms with Gasteiger partial charge in [-0.05, 0) is 128 Å². The van der Waals surface area contributed by atoms with Crippen molar-refractivity contribution in [2.75, 3.05) is 33.2 Å². The fourth-order valence-corrected chi connectivity index (χ4v) is 6.91. The number of terminal acetylenes is 1. The van der Waals surface area contributed by atoms with Crippen molar-refractivity contribution in [1.82, 2.24) is 14.7 Å². The van der Waals surface area contributed by atoms with Crippen molar-refractivity contribution in [3.8, 4) is 12.8 Å². The molecule has 5 rings (SSSR count). The zero-order chi connectivity index (χ0) is 31.8. The minimum Gasteiger partial charge on any atom is -0.375 e. The number of aryl methyl sites for hydroxylation is 3. The third-order valence-corrected chi connectivity index (χ3v) is 9.85.